The van der Waals surface area contributed by atoms with Crippen molar-refractivity contribution in [2.24, 2.45) is 5.92 Å². The van der Waals surface area contributed by atoms with Gasteiger partial charge in [0.2, 0.25) is 5.91 Å². The van der Waals surface area contributed by atoms with Crippen molar-refractivity contribution in [3.05, 3.63) is 24.0 Å². The molecule has 0 saturated heterocycles. The van der Waals surface area contributed by atoms with E-state index < -0.39 is 0 Å². The number of nitrogens with one attached hydrogen (secondary N) is 2. The SMILES string of the molecule is CC(C)NCc1ccn(CC(=O)NCC2CC2)c1. The molecule has 18 heavy (non-hydrogen) atoms. The Morgan fingerprint density at radius 2 is 2.28 bits per heavy atom. The van der Waals surface area contributed by atoms with Crippen LogP contribution < -0.4 is 10.6 Å². The molecule has 1 saturated carbocycles. The van der Waals surface area contributed by atoms with Gasteiger partial charge in [0.1, 0.15) is 6.54 Å². The molecule has 0 atom stereocenters. The van der Waals surface area contributed by atoms with Crippen molar-refractivity contribution in [3.63, 3.8) is 0 Å². The van der Waals surface area contributed by atoms with Crippen LogP contribution in [0.3, 0.4) is 0 Å². The molecule has 1 amide bonds. The number of aromatic nitrogens is 1. The topological polar surface area (TPSA) is 46.1 Å². The first-order valence-electron chi connectivity index (χ1n) is 6.78. The number of nitrogens with zero attached hydrogens (tertiary/aromatic N) is 1. The predicted molar refractivity (Wildman–Crippen MR) is 72.1 cm³/mol. The van der Waals surface area contributed by atoms with Crippen LogP contribution in [-0.2, 0) is 17.9 Å². The largest absolute Gasteiger partial charge is 0.354 e. The van der Waals surface area contributed by atoms with E-state index in [9.17, 15) is 4.79 Å². The van der Waals surface area contributed by atoms with Gasteiger partial charge in [-0.2, -0.15) is 0 Å². The molecule has 4 nitrogen and oxygen atoms in total. The van der Waals surface area contributed by atoms with E-state index in [0.717, 1.165) is 19.0 Å². The number of amides is 1. The van der Waals surface area contributed by atoms with E-state index >= 15 is 0 Å². The third-order valence-corrected chi connectivity index (χ3v) is 3.14. The lowest BCUT2D eigenvalue weighted by molar-refractivity contribution is -0.121. The van der Waals surface area contributed by atoms with Crippen LogP contribution in [0.25, 0.3) is 0 Å². The predicted octanol–water partition coefficient (Wildman–Crippen LogP) is 1.51. The zero-order chi connectivity index (χ0) is 13.0. The van der Waals surface area contributed by atoms with E-state index in [1.165, 1.54) is 18.4 Å². The Morgan fingerprint density at radius 3 is 2.94 bits per heavy atom. The van der Waals surface area contributed by atoms with Gasteiger partial charge in [0.25, 0.3) is 0 Å². The van der Waals surface area contributed by atoms with E-state index in [1.807, 2.05) is 17.0 Å². The maximum atomic E-state index is 11.7. The second-order valence-corrected chi connectivity index (χ2v) is 5.48. The number of carbonyl (C=O) groups is 1. The molecule has 1 heterocycles. The maximum Gasteiger partial charge on any atom is 0.239 e. The molecule has 0 radical (unpaired) electrons. The lowest BCUT2D eigenvalue weighted by Gasteiger charge is -2.06. The van der Waals surface area contributed by atoms with E-state index in [1.54, 1.807) is 0 Å². The van der Waals surface area contributed by atoms with Crippen molar-refractivity contribution >= 4 is 5.91 Å². The molecule has 4 heteroatoms. The minimum atomic E-state index is 0.112. The molecular formula is C14H23N3O. The highest BCUT2D eigenvalue weighted by Crippen LogP contribution is 2.27. The van der Waals surface area contributed by atoms with Gasteiger partial charge in [-0.25, -0.2) is 0 Å². The molecule has 1 aliphatic rings. The number of rotatable bonds is 7. The molecule has 0 spiro atoms. The van der Waals surface area contributed by atoms with E-state index in [-0.39, 0.29) is 5.91 Å². The molecule has 1 aliphatic carbocycles. The molecule has 100 valence electrons. The summed E-state index contributed by atoms with van der Waals surface area (Å²) in [4.78, 5) is 11.7. The van der Waals surface area contributed by atoms with Crippen LogP contribution in [0.5, 0.6) is 0 Å². The van der Waals surface area contributed by atoms with Gasteiger partial charge in [0, 0.05) is 31.5 Å². The minimum Gasteiger partial charge on any atom is -0.354 e. The Kier molecular flexibility index (Phi) is 4.42. The smallest absolute Gasteiger partial charge is 0.239 e. The first-order valence-corrected chi connectivity index (χ1v) is 6.78. The molecule has 1 aromatic rings. The average Bonchev–Trinajstić information content (AvgIpc) is 3.05. The van der Waals surface area contributed by atoms with Crippen molar-refractivity contribution in [2.45, 2.75) is 45.8 Å². The van der Waals surface area contributed by atoms with Gasteiger partial charge in [-0.3, -0.25) is 4.79 Å². The molecular weight excluding hydrogens is 226 g/mol. The van der Waals surface area contributed by atoms with E-state index in [0.29, 0.717) is 12.6 Å². The van der Waals surface area contributed by atoms with E-state index in [2.05, 4.69) is 30.5 Å². The summed E-state index contributed by atoms with van der Waals surface area (Å²) in [5.41, 5.74) is 1.22. The highest BCUT2D eigenvalue weighted by Gasteiger charge is 2.21. The lowest BCUT2D eigenvalue weighted by Crippen LogP contribution is -2.28. The van der Waals surface area contributed by atoms with Crippen LogP contribution in [-0.4, -0.2) is 23.1 Å². The van der Waals surface area contributed by atoms with Crippen molar-refractivity contribution in [2.75, 3.05) is 6.54 Å². The summed E-state index contributed by atoms with van der Waals surface area (Å²) in [6, 6.07) is 2.54. The summed E-state index contributed by atoms with van der Waals surface area (Å²) >= 11 is 0. The van der Waals surface area contributed by atoms with Gasteiger partial charge >= 0.3 is 0 Å². The summed E-state index contributed by atoms with van der Waals surface area (Å²) in [6.07, 6.45) is 6.55. The second-order valence-electron chi connectivity index (χ2n) is 5.48. The summed E-state index contributed by atoms with van der Waals surface area (Å²) in [6.45, 7) is 6.38. The Morgan fingerprint density at radius 1 is 1.50 bits per heavy atom. The molecule has 0 bridgehead atoms. The first kappa shape index (κ1) is 13.1. The first-order chi connectivity index (χ1) is 8.63. The van der Waals surface area contributed by atoms with Crippen molar-refractivity contribution in [1.82, 2.24) is 15.2 Å². The highest BCUT2D eigenvalue weighted by atomic mass is 16.1. The van der Waals surface area contributed by atoms with Crippen LogP contribution >= 0.6 is 0 Å². The number of hydrogen-bond donors (Lipinski definition) is 2. The normalized spacial score (nSPS) is 15.1. The third kappa shape index (κ3) is 4.53. The zero-order valence-corrected chi connectivity index (χ0v) is 11.3. The molecule has 2 rings (SSSR count). The molecule has 0 aliphatic heterocycles. The molecule has 0 unspecified atom stereocenters. The average molecular weight is 249 g/mol. The van der Waals surface area contributed by atoms with Crippen LogP contribution in [0.1, 0.15) is 32.3 Å². The van der Waals surface area contributed by atoms with Gasteiger partial charge in [-0.05, 0) is 30.4 Å². The van der Waals surface area contributed by atoms with Crippen LogP contribution in [0.15, 0.2) is 18.5 Å². The Hall–Kier alpha value is -1.29. The van der Waals surface area contributed by atoms with Crippen molar-refractivity contribution in [1.29, 1.82) is 0 Å². The summed E-state index contributed by atoms with van der Waals surface area (Å²) < 4.78 is 1.94. The van der Waals surface area contributed by atoms with Crippen LogP contribution in [0.2, 0.25) is 0 Å². The zero-order valence-electron chi connectivity index (χ0n) is 11.3. The summed E-state index contributed by atoms with van der Waals surface area (Å²) in [5.74, 6) is 0.852. The molecule has 0 aromatic carbocycles. The fourth-order valence-corrected chi connectivity index (χ4v) is 1.82. The standard InChI is InChI=1S/C14H23N3O/c1-11(2)15-8-13-5-6-17(9-13)10-14(18)16-7-12-3-4-12/h5-6,9,11-12,15H,3-4,7-8,10H2,1-2H3,(H,16,18). The molecule has 1 aromatic heterocycles. The fraction of sp³-hybridized carbons (Fsp3) is 0.643. The Labute approximate surface area is 109 Å². The van der Waals surface area contributed by atoms with Crippen molar-refractivity contribution in [3.8, 4) is 0 Å². The quantitative estimate of drug-likeness (QED) is 0.769. The maximum absolute atomic E-state index is 11.7. The van der Waals surface area contributed by atoms with Crippen LogP contribution in [0.4, 0.5) is 0 Å². The lowest BCUT2D eigenvalue weighted by atomic mass is 10.3. The van der Waals surface area contributed by atoms with Gasteiger partial charge < -0.3 is 15.2 Å². The van der Waals surface area contributed by atoms with Gasteiger partial charge in [-0.15, -0.1) is 0 Å². The Bertz CT molecular complexity index is 393. The third-order valence-electron chi connectivity index (χ3n) is 3.14. The minimum absolute atomic E-state index is 0.112. The monoisotopic (exact) mass is 249 g/mol. The molecule has 2 N–H and O–H groups in total. The van der Waals surface area contributed by atoms with Crippen LogP contribution in [0, 0.1) is 5.92 Å². The summed E-state index contributed by atoms with van der Waals surface area (Å²) in [7, 11) is 0. The Balaban J connectivity index is 1.72. The highest BCUT2D eigenvalue weighted by molar-refractivity contribution is 5.75. The van der Waals surface area contributed by atoms with Gasteiger partial charge in [0.05, 0.1) is 0 Å². The van der Waals surface area contributed by atoms with Crippen molar-refractivity contribution < 1.29 is 4.79 Å². The van der Waals surface area contributed by atoms with Gasteiger partial charge in [0.15, 0.2) is 0 Å². The number of hydrogen-bond acceptors (Lipinski definition) is 2. The van der Waals surface area contributed by atoms with E-state index in [4.69, 9.17) is 0 Å². The fourth-order valence-electron chi connectivity index (χ4n) is 1.82. The molecule has 1 fully saturated rings. The number of carbonyl (C=O) groups excluding carboxylic acids is 1. The van der Waals surface area contributed by atoms with Gasteiger partial charge in [-0.1, -0.05) is 13.8 Å². The second kappa shape index (κ2) is 6.05. The summed E-state index contributed by atoms with van der Waals surface area (Å²) in [5, 5.41) is 6.34.